The van der Waals surface area contributed by atoms with E-state index in [4.69, 9.17) is 4.84 Å². The molecule has 35 heavy (non-hydrogen) atoms. The molecule has 0 aromatic heterocycles. The Balaban J connectivity index is 1.06. The van der Waals surface area contributed by atoms with Crippen molar-refractivity contribution in [2.75, 3.05) is 26.2 Å². The maximum absolute atomic E-state index is 6.80. The summed E-state index contributed by atoms with van der Waals surface area (Å²) in [6.07, 6.45) is 14.6. The number of benzene rings is 2. The maximum Gasteiger partial charge on any atom is 0.0915 e. The Morgan fingerprint density at radius 2 is 1.57 bits per heavy atom. The predicted octanol–water partition coefficient (Wildman–Crippen LogP) is 6.84. The molecule has 4 fully saturated rings. The Hall–Kier alpha value is -1.68. The molecule has 3 heteroatoms. The van der Waals surface area contributed by atoms with Crippen LogP contribution in [0, 0.1) is 11.8 Å². The number of likely N-dealkylation sites (tertiary alicyclic amines) is 1. The monoisotopic (exact) mass is 472 g/mol. The Bertz CT molecular complexity index is 917. The molecule has 2 aromatic rings. The zero-order valence-electron chi connectivity index (χ0n) is 21.5. The number of rotatable bonds is 7. The summed E-state index contributed by atoms with van der Waals surface area (Å²) in [4.78, 5) is 9.61. The van der Waals surface area contributed by atoms with E-state index >= 15 is 0 Å². The molecule has 188 valence electrons. The van der Waals surface area contributed by atoms with E-state index in [-0.39, 0.29) is 5.60 Å². The standard InChI is InChI=1S/C32H44N2O/c1-4-11-26(12-5-1)13-10-14-27-17-21-33(22-18-27)24-30-29(28-15-6-2-7-16-28)25-34-31(30)23-32(35-34)19-8-3-9-20-32/h1-2,4-7,11-12,15-16,27,29-31H,3,8-10,13-14,17-25H2/t29-,30-,31+/m1/s1. The van der Waals surface area contributed by atoms with Crippen molar-refractivity contribution in [2.24, 2.45) is 11.8 Å². The maximum atomic E-state index is 6.80. The summed E-state index contributed by atoms with van der Waals surface area (Å²) in [6.45, 7) is 4.90. The molecule has 4 aliphatic rings. The van der Waals surface area contributed by atoms with E-state index in [0.29, 0.717) is 17.9 Å². The van der Waals surface area contributed by atoms with Crippen LogP contribution in [0.25, 0.3) is 0 Å². The van der Waals surface area contributed by atoms with Crippen LogP contribution < -0.4 is 0 Å². The second-order valence-corrected chi connectivity index (χ2v) is 12.0. The fourth-order valence-corrected chi connectivity index (χ4v) is 7.76. The number of hydroxylamine groups is 2. The van der Waals surface area contributed by atoms with Gasteiger partial charge in [0.1, 0.15) is 0 Å². The third kappa shape index (κ3) is 5.38. The Kier molecular flexibility index (Phi) is 7.28. The fourth-order valence-electron chi connectivity index (χ4n) is 7.76. The van der Waals surface area contributed by atoms with Crippen molar-refractivity contribution in [3.8, 4) is 0 Å². The number of hydrogen-bond acceptors (Lipinski definition) is 3. The smallest absolute Gasteiger partial charge is 0.0915 e. The van der Waals surface area contributed by atoms with Crippen LogP contribution in [0.3, 0.4) is 0 Å². The molecule has 3 saturated heterocycles. The molecule has 3 nitrogen and oxygen atoms in total. The highest BCUT2D eigenvalue weighted by atomic mass is 16.7. The van der Waals surface area contributed by atoms with Gasteiger partial charge in [0, 0.05) is 25.0 Å². The molecular weight excluding hydrogens is 428 g/mol. The van der Waals surface area contributed by atoms with Crippen molar-refractivity contribution >= 4 is 0 Å². The minimum Gasteiger partial charge on any atom is -0.303 e. The van der Waals surface area contributed by atoms with E-state index in [9.17, 15) is 0 Å². The van der Waals surface area contributed by atoms with Gasteiger partial charge in [-0.25, -0.2) is 0 Å². The second kappa shape index (κ2) is 10.7. The van der Waals surface area contributed by atoms with Crippen LogP contribution >= 0.6 is 0 Å². The van der Waals surface area contributed by atoms with E-state index in [0.717, 1.165) is 12.5 Å². The average molecular weight is 473 g/mol. The van der Waals surface area contributed by atoms with Gasteiger partial charge in [0.25, 0.3) is 0 Å². The highest BCUT2D eigenvalue weighted by Gasteiger charge is 2.54. The lowest BCUT2D eigenvalue weighted by Crippen LogP contribution is -2.41. The first kappa shape index (κ1) is 23.7. The number of fused-ring (bicyclic) bond motifs is 1. The van der Waals surface area contributed by atoms with Gasteiger partial charge in [-0.1, -0.05) is 86.3 Å². The van der Waals surface area contributed by atoms with Gasteiger partial charge in [0.2, 0.25) is 0 Å². The molecular formula is C32H44N2O. The third-order valence-electron chi connectivity index (χ3n) is 9.74. The van der Waals surface area contributed by atoms with Crippen LogP contribution in [0.2, 0.25) is 0 Å². The van der Waals surface area contributed by atoms with Gasteiger partial charge in [-0.15, -0.1) is 0 Å². The zero-order valence-corrected chi connectivity index (χ0v) is 21.5. The SMILES string of the molecule is c1ccc(CCCC2CCN(C[C@@H]3[C@@H](c4ccccc4)CN4OC5(CCCCC5)C[C@@H]34)CC2)cc1. The largest absolute Gasteiger partial charge is 0.303 e. The summed E-state index contributed by atoms with van der Waals surface area (Å²) >= 11 is 0. The molecule has 1 aliphatic carbocycles. The molecule has 0 unspecified atom stereocenters. The normalized spacial score (nSPS) is 29.5. The van der Waals surface area contributed by atoms with Crippen LogP contribution in [0.1, 0.15) is 81.3 Å². The fraction of sp³-hybridized carbons (Fsp3) is 0.625. The zero-order chi connectivity index (χ0) is 23.5. The molecule has 3 aliphatic heterocycles. The van der Waals surface area contributed by atoms with Crippen LogP contribution in [0.4, 0.5) is 0 Å². The number of piperidine rings is 1. The number of aryl methyl sites for hydroxylation is 1. The molecule has 0 amide bonds. The molecule has 2 aromatic carbocycles. The van der Waals surface area contributed by atoms with Gasteiger partial charge in [-0.05, 0) is 81.0 Å². The van der Waals surface area contributed by atoms with Crippen molar-refractivity contribution in [3.63, 3.8) is 0 Å². The van der Waals surface area contributed by atoms with Crippen LogP contribution in [0.15, 0.2) is 60.7 Å². The summed E-state index contributed by atoms with van der Waals surface area (Å²) in [5.74, 6) is 2.21. The first-order valence-corrected chi connectivity index (χ1v) is 14.6. The summed E-state index contributed by atoms with van der Waals surface area (Å²) < 4.78 is 0. The topological polar surface area (TPSA) is 15.7 Å². The van der Waals surface area contributed by atoms with Crippen molar-refractivity contribution in [3.05, 3.63) is 71.8 Å². The molecule has 0 radical (unpaired) electrons. The first-order chi connectivity index (χ1) is 17.3. The van der Waals surface area contributed by atoms with Crippen molar-refractivity contribution < 1.29 is 4.84 Å². The molecule has 0 N–H and O–H groups in total. The summed E-state index contributed by atoms with van der Waals surface area (Å²) in [5, 5.41) is 2.45. The minimum absolute atomic E-state index is 0.161. The van der Waals surface area contributed by atoms with Gasteiger partial charge >= 0.3 is 0 Å². The lowest BCUT2D eigenvalue weighted by molar-refractivity contribution is -0.205. The van der Waals surface area contributed by atoms with E-state index in [1.807, 2.05) is 0 Å². The first-order valence-electron chi connectivity index (χ1n) is 14.6. The molecule has 6 rings (SSSR count). The summed E-state index contributed by atoms with van der Waals surface area (Å²) in [7, 11) is 0. The van der Waals surface area contributed by atoms with Gasteiger partial charge in [-0.2, -0.15) is 5.06 Å². The highest BCUT2D eigenvalue weighted by Crippen LogP contribution is 2.51. The van der Waals surface area contributed by atoms with E-state index in [1.165, 1.54) is 101 Å². The van der Waals surface area contributed by atoms with E-state index < -0.39 is 0 Å². The minimum atomic E-state index is 0.161. The van der Waals surface area contributed by atoms with Gasteiger partial charge in [0.15, 0.2) is 0 Å². The average Bonchev–Trinajstić information content (AvgIpc) is 3.41. The van der Waals surface area contributed by atoms with Crippen LogP contribution in [-0.4, -0.2) is 47.8 Å². The second-order valence-electron chi connectivity index (χ2n) is 12.0. The van der Waals surface area contributed by atoms with Gasteiger partial charge < -0.3 is 4.90 Å². The molecule has 3 heterocycles. The Morgan fingerprint density at radius 3 is 2.31 bits per heavy atom. The molecule has 0 bridgehead atoms. The number of nitrogens with zero attached hydrogens (tertiary/aromatic N) is 2. The summed E-state index contributed by atoms with van der Waals surface area (Å²) in [6, 6.07) is 22.9. The van der Waals surface area contributed by atoms with Crippen molar-refractivity contribution in [2.45, 2.75) is 88.2 Å². The highest BCUT2D eigenvalue weighted by molar-refractivity contribution is 5.24. The molecule has 3 atom stereocenters. The van der Waals surface area contributed by atoms with Crippen LogP contribution in [0.5, 0.6) is 0 Å². The van der Waals surface area contributed by atoms with Crippen molar-refractivity contribution in [1.82, 2.24) is 9.96 Å². The number of hydrogen-bond donors (Lipinski definition) is 0. The Morgan fingerprint density at radius 1 is 0.857 bits per heavy atom. The quantitative estimate of drug-likeness (QED) is 0.438. The van der Waals surface area contributed by atoms with Gasteiger partial charge in [0.05, 0.1) is 5.60 Å². The lowest BCUT2D eigenvalue weighted by Gasteiger charge is -2.37. The Labute approximate surface area is 212 Å². The van der Waals surface area contributed by atoms with E-state index in [1.54, 1.807) is 0 Å². The lowest BCUT2D eigenvalue weighted by atomic mass is 9.76. The van der Waals surface area contributed by atoms with Gasteiger partial charge in [-0.3, -0.25) is 4.84 Å². The molecule has 1 saturated carbocycles. The third-order valence-corrected chi connectivity index (χ3v) is 9.74. The predicted molar refractivity (Wildman–Crippen MR) is 143 cm³/mol. The molecule has 1 spiro atoms. The van der Waals surface area contributed by atoms with Crippen molar-refractivity contribution in [1.29, 1.82) is 0 Å². The summed E-state index contributed by atoms with van der Waals surface area (Å²) in [5.41, 5.74) is 3.18. The van der Waals surface area contributed by atoms with Crippen LogP contribution in [-0.2, 0) is 11.3 Å². The van der Waals surface area contributed by atoms with E-state index in [2.05, 4.69) is 70.6 Å².